The van der Waals surface area contributed by atoms with Crippen LogP contribution in [-0.4, -0.2) is 17.9 Å². The van der Waals surface area contributed by atoms with Crippen LogP contribution in [0.15, 0.2) is 24.3 Å². The van der Waals surface area contributed by atoms with Crippen LogP contribution in [0.5, 0.6) is 0 Å². The summed E-state index contributed by atoms with van der Waals surface area (Å²) in [5, 5.41) is 0. The summed E-state index contributed by atoms with van der Waals surface area (Å²) in [5.74, 6) is 0.264. The average molecular weight is 203 g/mol. The van der Waals surface area contributed by atoms with Crippen molar-refractivity contribution in [2.24, 2.45) is 0 Å². The van der Waals surface area contributed by atoms with Crippen LogP contribution in [0.2, 0.25) is 0 Å². The molecule has 0 aromatic heterocycles. The second-order valence-corrected chi connectivity index (χ2v) is 4.46. The van der Waals surface area contributed by atoms with Gasteiger partial charge in [0, 0.05) is 18.2 Å². The van der Waals surface area contributed by atoms with Crippen molar-refractivity contribution in [3.63, 3.8) is 0 Å². The predicted octanol–water partition coefficient (Wildman–Crippen LogP) is 2.42. The Bertz CT molecular complexity index is 384. The molecule has 1 aromatic carbocycles. The van der Waals surface area contributed by atoms with Crippen molar-refractivity contribution in [2.45, 2.75) is 39.3 Å². The maximum Gasteiger partial charge on any atom is 0.152 e. The third kappa shape index (κ3) is 1.65. The van der Waals surface area contributed by atoms with Gasteiger partial charge in [0.2, 0.25) is 0 Å². The quantitative estimate of drug-likeness (QED) is 0.735. The second kappa shape index (κ2) is 3.69. The zero-order valence-electron chi connectivity index (χ0n) is 9.53. The number of carbonyl (C=O) groups is 1. The topological polar surface area (TPSA) is 20.3 Å². The number of rotatable bonds is 2. The number of para-hydroxylation sites is 1. The largest absolute Gasteiger partial charge is 0.359 e. The van der Waals surface area contributed by atoms with E-state index in [4.69, 9.17) is 0 Å². The van der Waals surface area contributed by atoms with Gasteiger partial charge >= 0.3 is 0 Å². The highest BCUT2D eigenvalue weighted by molar-refractivity contribution is 5.88. The molecule has 0 saturated carbocycles. The molecule has 0 bridgehead atoms. The molecule has 0 amide bonds. The highest BCUT2D eigenvalue weighted by Crippen LogP contribution is 2.33. The standard InChI is InChI=1S/C13H17NO/c1-9(2)14-12-7-5-4-6-11(12)8-13(14)10(3)15/h4-7,9,13H,8H2,1-3H3. The van der Waals surface area contributed by atoms with Gasteiger partial charge in [-0.2, -0.15) is 0 Å². The van der Waals surface area contributed by atoms with Gasteiger partial charge in [-0.3, -0.25) is 4.79 Å². The Hall–Kier alpha value is -1.31. The Morgan fingerprint density at radius 3 is 2.67 bits per heavy atom. The monoisotopic (exact) mass is 203 g/mol. The third-order valence-electron chi connectivity index (χ3n) is 3.04. The van der Waals surface area contributed by atoms with Gasteiger partial charge in [0.05, 0.1) is 6.04 Å². The van der Waals surface area contributed by atoms with E-state index in [0.29, 0.717) is 6.04 Å². The minimum absolute atomic E-state index is 0.0439. The van der Waals surface area contributed by atoms with E-state index in [-0.39, 0.29) is 11.8 Å². The van der Waals surface area contributed by atoms with Gasteiger partial charge in [0.25, 0.3) is 0 Å². The van der Waals surface area contributed by atoms with Crippen molar-refractivity contribution < 1.29 is 4.79 Å². The number of nitrogens with zero attached hydrogens (tertiary/aromatic N) is 1. The molecule has 1 aliphatic heterocycles. The van der Waals surface area contributed by atoms with E-state index in [0.717, 1.165) is 6.42 Å². The molecule has 0 fully saturated rings. The van der Waals surface area contributed by atoms with Gasteiger partial charge in [-0.25, -0.2) is 0 Å². The van der Waals surface area contributed by atoms with E-state index in [2.05, 4.69) is 30.9 Å². The Morgan fingerprint density at radius 1 is 1.40 bits per heavy atom. The summed E-state index contributed by atoms with van der Waals surface area (Å²) in [4.78, 5) is 13.8. The number of hydrogen-bond donors (Lipinski definition) is 0. The summed E-state index contributed by atoms with van der Waals surface area (Å²) < 4.78 is 0. The highest BCUT2D eigenvalue weighted by atomic mass is 16.1. The first-order valence-electron chi connectivity index (χ1n) is 5.48. The van der Waals surface area contributed by atoms with Gasteiger partial charge in [0.1, 0.15) is 0 Å². The minimum Gasteiger partial charge on any atom is -0.359 e. The molecule has 0 aliphatic carbocycles. The molecule has 2 nitrogen and oxygen atoms in total. The molecule has 1 aliphatic rings. The van der Waals surface area contributed by atoms with Crippen LogP contribution >= 0.6 is 0 Å². The van der Waals surface area contributed by atoms with Crippen molar-refractivity contribution in [1.29, 1.82) is 0 Å². The van der Waals surface area contributed by atoms with Crippen LogP contribution in [0.3, 0.4) is 0 Å². The molecule has 1 aromatic rings. The van der Waals surface area contributed by atoms with Gasteiger partial charge in [-0.1, -0.05) is 18.2 Å². The molecule has 0 N–H and O–H groups in total. The van der Waals surface area contributed by atoms with Crippen LogP contribution in [0.4, 0.5) is 5.69 Å². The second-order valence-electron chi connectivity index (χ2n) is 4.46. The normalized spacial score (nSPS) is 19.5. The number of hydrogen-bond acceptors (Lipinski definition) is 2. The first-order chi connectivity index (χ1) is 7.11. The Balaban J connectivity index is 2.42. The van der Waals surface area contributed by atoms with Crippen molar-refractivity contribution in [3.05, 3.63) is 29.8 Å². The zero-order chi connectivity index (χ0) is 11.0. The van der Waals surface area contributed by atoms with E-state index in [1.54, 1.807) is 6.92 Å². The fraction of sp³-hybridized carbons (Fsp3) is 0.462. The summed E-state index contributed by atoms with van der Waals surface area (Å²) in [5.41, 5.74) is 2.53. The van der Waals surface area contributed by atoms with Crippen LogP contribution in [-0.2, 0) is 11.2 Å². The predicted molar refractivity (Wildman–Crippen MR) is 62.2 cm³/mol. The number of benzene rings is 1. The van der Waals surface area contributed by atoms with Gasteiger partial charge in [-0.05, 0) is 32.4 Å². The van der Waals surface area contributed by atoms with Crippen molar-refractivity contribution >= 4 is 11.5 Å². The lowest BCUT2D eigenvalue weighted by molar-refractivity contribution is -0.118. The van der Waals surface area contributed by atoms with Gasteiger partial charge in [0.15, 0.2) is 5.78 Å². The molecule has 0 radical (unpaired) electrons. The smallest absolute Gasteiger partial charge is 0.152 e. The maximum atomic E-state index is 11.6. The Labute approximate surface area is 90.9 Å². The zero-order valence-corrected chi connectivity index (χ0v) is 9.53. The molecular formula is C13H17NO. The summed E-state index contributed by atoms with van der Waals surface area (Å²) in [7, 11) is 0. The number of carbonyl (C=O) groups excluding carboxylic acids is 1. The van der Waals surface area contributed by atoms with Crippen LogP contribution < -0.4 is 4.90 Å². The van der Waals surface area contributed by atoms with Crippen molar-refractivity contribution in [1.82, 2.24) is 0 Å². The molecule has 2 heteroatoms. The fourth-order valence-corrected chi connectivity index (χ4v) is 2.39. The van der Waals surface area contributed by atoms with E-state index in [1.165, 1.54) is 11.3 Å². The summed E-state index contributed by atoms with van der Waals surface area (Å²) in [6.45, 7) is 5.96. The van der Waals surface area contributed by atoms with E-state index in [9.17, 15) is 4.79 Å². The van der Waals surface area contributed by atoms with Crippen molar-refractivity contribution in [2.75, 3.05) is 4.90 Å². The highest BCUT2D eigenvalue weighted by Gasteiger charge is 2.33. The average Bonchev–Trinajstić information content (AvgIpc) is 2.56. The molecule has 15 heavy (non-hydrogen) atoms. The lowest BCUT2D eigenvalue weighted by Gasteiger charge is -2.29. The van der Waals surface area contributed by atoms with Crippen LogP contribution in [0.25, 0.3) is 0 Å². The van der Waals surface area contributed by atoms with Gasteiger partial charge in [-0.15, -0.1) is 0 Å². The maximum absolute atomic E-state index is 11.6. The SMILES string of the molecule is CC(=O)C1Cc2ccccc2N1C(C)C. The molecule has 0 saturated heterocycles. The molecule has 1 unspecified atom stereocenters. The van der Waals surface area contributed by atoms with Crippen LogP contribution in [0, 0.1) is 0 Å². The van der Waals surface area contributed by atoms with Crippen LogP contribution in [0.1, 0.15) is 26.3 Å². The number of anilines is 1. The van der Waals surface area contributed by atoms with E-state index < -0.39 is 0 Å². The fourth-order valence-electron chi connectivity index (χ4n) is 2.39. The molecule has 1 heterocycles. The summed E-state index contributed by atoms with van der Waals surface area (Å²) in [6.07, 6.45) is 0.865. The first kappa shape index (κ1) is 10.2. The first-order valence-corrected chi connectivity index (χ1v) is 5.48. The lowest BCUT2D eigenvalue weighted by Crippen LogP contribution is -2.42. The molecule has 0 spiro atoms. The minimum atomic E-state index is 0.0439. The van der Waals surface area contributed by atoms with Gasteiger partial charge < -0.3 is 4.90 Å². The Kier molecular flexibility index (Phi) is 2.51. The lowest BCUT2D eigenvalue weighted by atomic mass is 10.1. The van der Waals surface area contributed by atoms with E-state index >= 15 is 0 Å². The number of fused-ring (bicyclic) bond motifs is 1. The Morgan fingerprint density at radius 2 is 2.07 bits per heavy atom. The molecular weight excluding hydrogens is 186 g/mol. The molecule has 1 atom stereocenters. The third-order valence-corrected chi connectivity index (χ3v) is 3.04. The summed E-state index contributed by atoms with van der Waals surface area (Å²) in [6, 6.07) is 8.73. The molecule has 80 valence electrons. The number of Topliss-reactive ketones (excluding diaryl/α,β-unsaturated/α-hetero) is 1. The van der Waals surface area contributed by atoms with E-state index in [1.807, 2.05) is 12.1 Å². The van der Waals surface area contributed by atoms with Crippen molar-refractivity contribution in [3.8, 4) is 0 Å². The molecule has 2 rings (SSSR count). The number of ketones is 1. The summed E-state index contributed by atoms with van der Waals surface area (Å²) >= 11 is 0.